The minimum Gasteiger partial charge on any atom is -0.353 e. The SMILES string of the molecule is Cc1ccc(-n2nc(N3CCN([C@@H]4CCS(=O)(=O)C4)CC3)cc2NC(=O)c2cnn3ccccc23)nc1. The monoisotopic (exact) mass is 520 g/mol. The highest BCUT2D eigenvalue weighted by atomic mass is 32.2. The lowest BCUT2D eigenvalue weighted by atomic mass is 10.2. The molecule has 6 heterocycles. The van der Waals surface area contributed by atoms with Crippen molar-refractivity contribution in [2.24, 2.45) is 0 Å². The summed E-state index contributed by atoms with van der Waals surface area (Å²) in [6.07, 6.45) is 5.82. The van der Waals surface area contributed by atoms with Crippen LogP contribution < -0.4 is 10.2 Å². The lowest BCUT2D eigenvalue weighted by Crippen LogP contribution is -2.50. The van der Waals surface area contributed by atoms with Gasteiger partial charge in [0.15, 0.2) is 21.5 Å². The van der Waals surface area contributed by atoms with Crippen LogP contribution in [0.25, 0.3) is 11.3 Å². The zero-order chi connectivity index (χ0) is 25.6. The van der Waals surface area contributed by atoms with Crippen LogP contribution in [0.3, 0.4) is 0 Å². The van der Waals surface area contributed by atoms with Crippen LogP contribution in [0.4, 0.5) is 11.6 Å². The van der Waals surface area contributed by atoms with E-state index in [0.29, 0.717) is 29.1 Å². The Balaban J connectivity index is 1.25. The number of carbonyl (C=O) groups is 1. The van der Waals surface area contributed by atoms with E-state index in [-0.39, 0.29) is 23.5 Å². The van der Waals surface area contributed by atoms with Crippen LogP contribution in [0.2, 0.25) is 0 Å². The normalized spacial score (nSPS) is 19.9. The van der Waals surface area contributed by atoms with E-state index in [1.807, 2.05) is 43.3 Å². The van der Waals surface area contributed by atoms with E-state index in [1.54, 1.807) is 27.8 Å². The van der Waals surface area contributed by atoms with Crippen molar-refractivity contribution in [2.45, 2.75) is 19.4 Å². The van der Waals surface area contributed by atoms with Gasteiger partial charge in [-0.25, -0.2) is 17.9 Å². The molecular weight excluding hydrogens is 492 g/mol. The quantitative estimate of drug-likeness (QED) is 0.423. The molecule has 2 aliphatic heterocycles. The molecule has 4 aromatic heterocycles. The van der Waals surface area contributed by atoms with Crippen molar-refractivity contribution in [1.82, 2.24) is 29.3 Å². The summed E-state index contributed by atoms with van der Waals surface area (Å²) < 4.78 is 27.1. The fourth-order valence-electron chi connectivity index (χ4n) is 5.04. The lowest BCUT2D eigenvalue weighted by molar-refractivity contribution is 0.102. The Morgan fingerprint density at radius 2 is 1.89 bits per heavy atom. The van der Waals surface area contributed by atoms with Crippen LogP contribution >= 0.6 is 0 Å². The Kier molecular flexibility index (Phi) is 5.92. The Morgan fingerprint density at radius 3 is 2.62 bits per heavy atom. The number of fused-ring (bicyclic) bond motifs is 1. The molecule has 1 atom stereocenters. The van der Waals surface area contributed by atoms with Gasteiger partial charge in [0.05, 0.1) is 28.8 Å². The van der Waals surface area contributed by atoms with Gasteiger partial charge >= 0.3 is 0 Å². The fourth-order valence-corrected chi connectivity index (χ4v) is 6.81. The predicted molar refractivity (Wildman–Crippen MR) is 140 cm³/mol. The van der Waals surface area contributed by atoms with Gasteiger partial charge in [-0.2, -0.15) is 9.78 Å². The molecule has 11 nitrogen and oxygen atoms in total. The maximum Gasteiger partial charge on any atom is 0.260 e. The first-order valence-electron chi connectivity index (χ1n) is 12.3. The van der Waals surface area contributed by atoms with E-state index >= 15 is 0 Å². The summed E-state index contributed by atoms with van der Waals surface area (Å²) in [7, 11) is -2.91. The first-order valence-corrected chi connectivity index (χ1v) is 14.1. The van der Waals surface area contributed by atoms with E-state index in [2.05, 4.69) is 25.2 Å². The molecular formula is C25H28N8O3S. The van der Waals surface area contributed by atoms with Crippen LogP contribution in [-0.2, 0) is 9.84 Å². The average Bonchev–Trinajstić information content (AvgIpc) is 3.61. The second kappa shape index (κ2) is 9.27. The molecule has 4 aromatic rings. The molecule has 0 unspecified atom stereocenters. The van der Waals surface area contributed by atoms with Gasteiger partial charge in [-0.05, 0) is 37.1 Å². The molecule has 1 amide bonds. The molecule has 37 heavy (non-hydrogen) atoms. The van der Waals surface area contributed by atoms with Gasteiger partial charge in [-0.3, -0.25) is 9.69 Å². The Morgan fingerprint density at radius 1 is 1.05 bits per heavy atom. The smallest absolute Gasteiger partial charge is 0.260 e. The molecule has 12 heteroatoms. The molecule has 0 saturated carbocycles. The van der Waals surface area contributed by atoms with Crippen LogP contribution in [0.15, 0.2) is 55.0 Å². The third-order valence-electron chi connectivity index (χ3n) is 7.08. The number of amides is 1. The number of aryl methyl sites for hydroxylation is 1. The molecule has 0 bridgehead atoms. The second-order valence-corrected chi connectivity index (χ2v) is 11.8. The zero-order valence-electron chi connectivity index (χ0n) is 20.5. The highest BCUT2D eigenvalue weighted by Gasteiger charge is 2.34. The van der Waals surface area contributed by atoms with Crippen molar-refractivity contribution < 1.29 is 13.2 Å². The van der Waals surface area contributed by atoms with Crippen molar-refractivity contribution >= 4 is 32.9 Å². The predicted octanol–water partition coefficient (Wildman–Crippen LogP) is 1.78. The molecule has 192 valence electrons. The van der Waals surface area contributed by atoms with Gasteiger partial charge in [0, 0.05) is 50.7 Å². The van der Waals surface area contributed by atoms with E-state index in [1.165, 1.54) is 0 Å². The third-order valence-corrected chi connectivity index (χ3v) is 8.84. The van der Waals surface area contributed by atoms with E-state index in [0.717, 1.165) is 37.6 Å². The van der Waals surface area contributed by atoms with Crippen LogP contribution in [0, 0.1) is 6.92 Å². The van der Waals surface area contributed by atoms with E-state index in [9.17, 15) is 13.2 Å². The number of nitrogens with zero attached hydrogens (tertiary/aromatic N) is 7. The summed E-state index contributed by atoms with van der Waals surface area (Å²) in [6.45, 7) is 4.93. The molecule has 0 radical (unpaired) electrons. The first kappa shape index (κ1) is 23.6. The van der Waals surface area contributed by atoms with Gasteiger partial charge in [0.25, 0.3) is 5.91 Å². The third kappa shape index (κ3) is 4.69. The molecule has 1 N–H and O–H groups in total. The summed E-state index contributed by atoms with van der Waals surface area (Å²) in [4.78, 5) is 22.2. The van der Waals surface area contributed by atoms with Gasteiger partial charge < -0.3 is 10.2 Å². The first-order chi connectivity index (χ1) is 17.9. The molecule has 2 fully saturated rings. The zero-order valence-corrected chi connectivity index (χ0v) is 21.3. The number of sulfone groups is 1. The molecule has 6 rings (SSSR count). The van der Waals surface area contributed by atoms with Crippen molar-refractivity contribution in [2.75, 3.05) is 47.9 Å². The van der Waals surface area contributed by atoms with Crippen molar-refractivity contribution in [3.05, 3.63) is 66.1 Å². The second-order valence-electron chi connectivity index (χ2n) is 9.62. The standard InChI is InChI=1S/C25H28N8O3S/c1-18-5-6-22(26-15-18)33-23(28-25(34)20-16-27-32-8-3-2-4-21(20)32)14-24(29-33)31-11-9-30(10-12-31)19-7-13-37(35,36)17-19/h2-6,8,14-16,19H,7,9-13,17H2,1H3,(H,28,34)/t19-/m1/s1. The maximum absolute atomic E-state index is 13.3. The molecule has 2 saturated heterocycles. The number of carbonyl (C=O) groups excluding carboxylic acids is 1. The number of hydrogen-bond acceptors (Lipinski definition) is 8. The number of nitrogens with one attached hydrogen (secondary N) is 1. The van der Waals surface area contributed by atoms with Gasteiger partial charge in [0.1, 0.15) is 5.82 Å². The Hall–Kier alpha value is -3.77. The summed E-state index contributed by atoms with van der Waals surface area (Å²) in [5.74, 6) is 2.09. The molecule has 0 spiro atoms. The average molecular weight is 521 g/mol. The van der Waals surface area contributed by atoms with Crippen LogP contribution in [-0.4, -0.2) is 87.3 Å². The number of hydrogen-bond donors (Lipinski definition) is 1. The summed E-state index contributed by atoms with van der Waals surface area (Å²) in [5, 5.41) is 12.1. The van der Waals surface area contributed by atoms with E-state index < -0.39 is 9.84 Å². The van der Waals surface area contributed by atoms with Crippen molar-refractivity contribution in [3.63, 3.8) is 0 Å². The number of aromatic nitrogens is 5. The number of piperazine rings is 1. The van der Waals surface area contributed by atoms with Gasteiger partial charge in [-0.15, -0.1) is 5.10 Å². The molecule has 0 aromatic carbocycles. The highest BCUT2D eigenvalue weighted by Crippen LogP contribution is 2.26. The van der Waals surface area contributed by atoms with Crippen LogP contribution in [0.1, 0.15) is 22.3 Å². The van der Waals surface area contributed by atoms with E-state index in [4.69, 9.17) is 5.10 Å². The minimum atomic E-state index is -2.91. The summed E-state index contributed by atoms with van der Waals surface area (Å²) >= 11 is 0. The molecule has 2 aliphatic rings. The number of rotatable bonds is 5. The lowest BCUT2D eigenvalue weighted by Gasteiger charge is -2.37. The van der Waals surface area contributed by atoms with Crippen molar-refractivity contribution in [3.8, 4) is 5.82 Å². The Bertz CT molecular complexity index is 1550. The number of anilines is 2. The Labute approximate surface area is 214 Å². The molecule has 0 aliphatic carbocycles. The van der Waals surface area contributed by atoms with Crippen LogP contribution in [0.5, 0.6) is 0 Å². The van der Waals surface area contributed by atoms with Gasteiger partial charge in [-0.1, -0.05) is 12.1 Å². The van der Waals surface area contributed by atoms with Crippen molar-refractivity contribution in [1.29, 1.82) is 0 Å². The largest absolute Gasteiger partial charge is 0.353 e. The highest BCUT2D eigenvalue weighted by molar-refractivity contribution is 7.91. The minimum absolute atomic E-state index is 0.0992. The topological polar surface area (TPSA) is 118 Å². The van der Waals surface area contributed by atoms with Gasteiger partial charge in [0.2, 0.25) is 0 Å². The fraction of sp³-hybridized carbons (Fsp3) is 0.360. The maximum atomic E-state index is 13.3. The summed E-state index contributed by atoms with van der Waals surface area (Å²) in [5.41, 5.74) is 2.20. The number of pyridine rings is 2. The summed E-state index contributed by atoms with van der Waals surface area (Å²) in [6, 6.07) is 11.4.